The van der Waals surface area contributed by atoms with Crippen molar-refractivity contribution < 1.29 is 4.74 Å². The fourth-order valence-corrected chi connectivity index (χ4v) is 2.71. The first kappa shape index (κ1) is 14.6. The first-order valence-corrected chi connectivity index (χ1v) is 7.68. The Kier molecular flexibility index (Phi) is 4.67. The highest BCUT2D eigenvalue weighted by atomic mass is 16.5. The van der Waals surface area contributed by atoms with E-state index in [0.29, 0.717) is 23.7 Å². The average Bonchev–Trinajstić information content (AvgIpc) is 3.09. The molecule has 0 atom stereocenters. The predicted molar refractivity (Wildman–Crippen MR) is 85.6 cm³/mol. The smallest absolute Gasteiger partial charge is 0.213 e. The van der Waals surface area contributed by atoms with Crippen LogP contribution in [0.2, 0.25) is 0 Å². The van der Waals surface area contributed by atoms with E-state index in [4.69, 9.17) is 4.74 Å². The number of nitrogens with zero attached hydrogens (tertiary/aromatic N) is 3. The molecule has 1 aromatic heterocycles. The van der Waals surface area contributed by atoms with Gasteiger partial charge in [-0.15, -0.1) is 0 Å². The lowest BCUT2D eigenvalue weighted by molar-refractivity contribution is 0.232. The third kappa shape index (κ3) is 3.44. The number of aromatic nitrogens is 1. The molecule has 0 saturated carbocycles. The zero-order valence-electron chi connectivity index (χ0n) is 12.5. The van der Waals surface area contributed by atoms with Crippen LogP contribution in [0.3, 0.4) is 0 Å². The molecular formula is C18H19N3O. The molecule has 1 aliphatic heterocycles. The summed E-state index contributed by atoms with van der Waals surface area (Å²) in [6, 6.07) is 15.5. The molecule has 22 heavy (non-hydrogen) atoms. The summed E-state index contributed by atoms with van der Waals surface area (Å²) in [6.07, 6.45) is 2.57. The fourth-order valence-electron chi connectivity index (χ4n) is 2.71. The topological polar surface area (TPSA) is 49.1 Å². The Morgan fingerprint density at radius 2 is 1.86 bits per heavy atom. The average molecular weight is 293 g/mol. The normalized spacial score (nSPS) is 14.7. The number of ether oxygens (including phenoxy) is 1. The van der Waals surface area contributed by atoms with Gasteiger partial charge >= 0.3 is 0 Å². The first-order chi connectivity index (χ1) is 10.9. The number of rotatable bonds is 5. The molecule has 1 saturated heterocycles. The molecule has 0 aliphatic carbocycles. The lowest BCUT2D eigenvalue weighted by Crippen LogP contribution is -2.25. The van der Waals surface area contributed by atoms with Gasteiger partial charge in [0, 0.05) is 18.2 Å². The minimum atomic E-state index is 0.568. The van der Waals surface area contributed by atoms with Gasteiger partial charge in [0.1, 0.15) is 12.7 Å². The number of hydrogen-bond donors (Lipinski definition) is 0. The van der Waals surface area contributed by atoms with Crippen molar-refractivity contribution in [3.63, 3.8) is 0 Å². The van der Waals surface area contributed by atoms with Gasteiger partial charge in [0.2, 0.25) is 5.88 Å². The van der Waals surface area contributed by atoms with Crippen molar-refractivity contribution in [2.45, 2.75) is 12.8 Å². The lowest BCUT2D eigenvalue weighted by atomic mass is 10.1. The summed E-state index contributed by atoms with van der Waals surface area (Å²) >= 11 is 0. The van der Waals surface area contributed by atoms with Crippen LogP contribution < -0.4 is 4.74 Å². The minimum absolute atomic E-state index is 0.568. The van der Waals surface area contributed by atoms with Crippen molar-refractivity contribution in [1.82, 2.24) is 9.88 Å². The molecule has 0 bridgehead atoms. The van der Waals surface area contributed by atoms with Gasteiger partial charge in [-0.1, -0.05) is 30.3 Å². The van der Waals surface area contributed by atoms with E-state index in [-0.39, 0.29) is 0 Å². The van der Waals surface area contributed by atoms with Gasteiger partial charge in [0.25, 0.3) is 0 Å². The van der Waals surface area contributed by atoms with Gasteiger partial charge in [-0.25, -0.2) is 4.98 Å². The Labute approximate surface area is 131 Å². The highest BCUT2D eigenvalue weighted by Gasteiger charge is 2.12. The second kappa shape index (κ2) is 7.06. The minimum Gasteiger partial charge on any atom is -0.476 e. The van der Waals surface area contributed by atoms with Crippen LogP contribution >= 0.6 is 0 Å². The van der Waals surface area contributed by atoms with Crippen LogP contribution in [0.5, 0.6) is 5.88 Å². The fraction of sp³-hybridized carbons (Fsp3) is 0.333. The molecule has 2 aromatic rings. The van der Waals surface area contributed by atoms with Crippen molar-refractivity contribution in [3.8, 4) is 23.2 Å². The molecule has 0 unspecified atom stereocenters. The zero-order valence-corrected chi connectivity index (χ0v) is 12.5. The molecular weight excluding hydrogens is 274 g/mol. The summed E-state index contributed by atoms with van der Waals surface area (Å²) in [5.74, 6) is 0.581. The molecule has 1 aromatic carbocycles. The third-order valence-corrected chi connectivity index (χ3v) is 3.89. The maximum atomic E-state index is 9.25. The van der Waals surface area contributed by atoms with Crippen molar-refractivity contribution >= 4 is 0 Å². The van der Waals surface area contributed by atoms with E-state index in [9.17, 15) is 5.26 Å². The van der Waals surface area contributed by atoms with Crippen LogP contribution in [-0.2, 0) is 0 Å². The summed E-state index contributed by atoms with van der Waals surface area (Å²) in [5, 5.41) is 9.25. The van der Waals surface area contributed by atoms with Gasteiger partial charge < -0.3 is 4.74 Å². The van der Waals surface area contributed by atoms with Crippen LogP contribution in [-0.4, -0.2) is 36.1 Å². The van der Waals surface area contributed by atoms with Crippen LogP contribution in [0.1, 0.15) is 18.4 Å². The highest BCUT2D eigenvalue weighted by Crippen LogP contribution is 2.23. The van der Waals surface area contributed by atoms with Crippen molar-refractivity contribution in [3.05, 3.63) is 48.0 Å². The van der Waals surface area contributed by atoms with E-state index in [0.717, 1.165) is 12.1 Å². The summed E-state index contributed by atoms with van der Waals surface area (Å²) in [4.78, 5) is 6.92. The number of benzene rings is 1. The zero-order chi connectivity index (χ0) is 15.2. The van der Waals surface area contributed by atoms with Gasteiger partial charge in [0.05, 0.1) is 11.3 Å². The maximum Gasteiger partial charge on any atom is 0.213 e. The molecule has 4 heteroatoms. The van der Waals surface area contributed by atoms with Crippen molar-refractivity contribution in [2.24, 2.45) is 0 Å². The molecule has 0 N–H and O–H groups in total. The molecule has 2 heterocycles. The van der Waals surface area contributed by atoms with Crippen LogP contribution in [0, 0.1) is 11.3 Å². The lowest BCUT2D eigenvalue weighted by Gasteiger charge is -2.15. The molecule has 1 aliphatic rings. The Hall–Kier alpha value is -2.38. The molecule has 1 fully saturated rings. The standard InChI is InChI=1S/C18H19N3O/c19-14-16-8-9-17(22-13-12-21-10-4-5-11-21)20-18(16)15-6-2-1-3-7-15/h1-3,6-9H,4-5,10-13H2. The van der Waals surface area contributed by atoms with Crippen molar-refractivity contribution in [1.29, 1.82) is 5.26 Å². The summed E-state index contributed by atoms with van der Waals surface area (Å²) in [5.41, 5.74) is 2.18. The van der Waals surface area contributed by atoms with Crippen LogP contribution in [0.4, 0.5) is 0 Å². The van der Waals surface area contributed by atoms with Gasteiger partial charge in [-0.05, 0) is 32.0 Å². The van der Waals surface area contributed by atoms with E-state index in [1.54, 1.807) is 12.1 Å². The van der Waals surface area contributed by atoms with E-state index < -0.39 is 0 Å². The monoisotopic (exact) mass is 293 g/mol. The van der Waals surface area contributed by atoms with Gasteiger partial charge in [0.15, 0.2) is 0 Å². The van der Waals surface area contributed by atoms with Gasteiger partial charge in [-0.2, -0.15) is 5.26 Å². The largest absolute Gasteiger partial charge is 0.476 e. The van der Waals surface area contributed by atoms with E-state index in [1.165, 1.54) is 25.9 Å². The van der Waals surface area contributed by atoms with Crippen LogP contribution in [0.25, 0.3) is 11.3 Å². The second-order valence-electron chi connectivity index (χ2n) is 5.42. The molecule has 0 amide bonds. The number of hydrogen-bond acceptors (Lipinski definition) is 4. The Morgan fingerprint density at radius 3 is 2.59 bits per heavy atom. The molecule has 112 valence electrons. The van der Waals surface area contributed by atoms with Gasteiger partial charge in [-0.3, -0.25) is 4.90 Å². The predicted octanol–water partition coefficient (Wildman–Crippen LogP) is 3.09. The Morgan fingerprint density at radius 1 is 1.09 bits per heavy atom. The SMILES string of the molecule is N#Cc1ccc(OCCN2CCCC2)nc1-c1ccccc1. The summed E-state index contributed by atoms with van der Waals surface area (Å²) in [7, 11) is 0. The van der Waals surface area contributed by atoms with E-state index in [2.05, 4.69) is 16.0 Å². The first-order valence-electron chi connectivity index (χ1n) is 7.68. The quantitative estimate of drug-likeness (QED) is 0.850. The Balaban J connectivity index is 1.71. The highest BCUT2D eigenvalue weighted by molar-refractivity contribution is 5.66. The molecule has 4 nitrogen and oxygen atoms in total. The van der Waals surface area contributed by atoms with E-state index in [1.807, 2.05) is 30.3 Å². The number of likely N-dealkylation sites (tertiary alicyclic amines) is 1. The Bertz CT molecular complexity index is 658. The second-order valence-corrected chi connectivity index (χ2v) is 5.42. The van der Waals surface area contributed by atoms with Crippen molar-refractivity contribution in [2.75, 3.05) is 26.2 Å². The number of pyridine rings is 1. The summed E-state index contributed by atoms with van der Waals surface area (Å²) < 4.78 is 5.77. The third-order valence-electron chi connectivity index (χ3n) is 3.89. The maximum absolute atomic E-state index is 9.25. The molecule has 0 radical (unpaired) electrons. The molecule has 3 rings (SSSR count). The molecule has 0 spiro atoms. The number of nitriles is 1. The summed E-state index contributed by atoms with van der Waals surface area (Å²) in [6.45, 7) is 3.90. The van der Waals surface area contributed by atoms with Crippen LogP contribution in [0.15, 0.2) is 42.5 Å². The van der Waals surface area contributed by atoms with E-state index >= 15 is 0 Å².